The number of nitrogens with zero attached hydrogens (tertiary/aromatic N) is 1. The number of aromatic nitrogens is 1. The Kier molecular flexibility index (Phi) is 23.4. The first kappa shape index (κ1) is 61.3. The maximum absolute atomic E-state index is 13.8. The van der Waals surface area contributed by atoms with Gasteiger partial charge in [-0.3, -0.25) is 14.4 Å². The van der Waals surface area contributed by atoms with Crippen LogP contribution in [0, 0.1) is 37.5 Å². The fourth-order valence-electron chi connectivity index (χ4n) is 9.84. The molecular formula is C64H73NO17S. The molecule has 0 radical (unpaired) electrons. The summed E-state index contributed by atoms with van der Waals surface area (Å²) in [5.41, 5.74) is 3.42. The lowest BCUT2D eigenvalue weighted by Crippen LogP contribution is -2.27. The number of hydrogen-bond acceptors (Lipinski definition) is 19. The highest BCUT2D eigenvalue weighted by molar-refractivity contribution is 7.22. The van der Waals surface area contributed by atoms with Crippen molar-refractivity contribution >= 4 is 62.4 Å². The van der Waals surface area contributed by atoms with Crippen molar-refractivity contribution in [3.8, 4) is 45.3 Å². The first-order valence-electron chi connectivity index (χ1n) is 28.6. The van der Waals surface area contributed by atoms with Crippen molar-refractivity contribution in [1.29, 1.82) is 0 Å². The highest BCUT2D eigenvalue weighted by Crippen LogP contribution is 2.43. The minimum Gasteiger partial charge on any atom is -0.494 e. The smallest absolute Gasteiger partial charge is 0.330 e. The summed E-state index contributed by atoms with van der Waals surface area (Å²) < 4.78 is 45.5. The van der Waals surface area contributed by atoms with Crippen LogP contribution < -0.4 is 28.7 Å². The van der Waals surface area contributed by atoms with Gasteiger partial charge in [-0.15, -0.1) is 11.3 Å². The van der Waals surface area contributed by atoms with Gasteiger partial charge in [0.2, 0.25) is 0 Å². The van der Waals surface area contributed by atoms with E-state index in [1.807, 2.05) is 38.1 Å². The number of carbonyl (C=O) groups excluding carboxylic acids is 5. The zero-order valence-electron chi connectivity index (χ0n) is 47.2. The Morgan fingerprint density at radius 3 is 1.72 bits per heavy atom. The minimum atomic E-state index is -0.578. The Labute approximate surface area is 487 Å². The van der Waals surface area contributed by atoms with Crippen molar-refractivity contribution in [2.24, 2.45) is 23.7 Å². The van der Waals surface area contributed by atoms with Gasteiger partial charge in [-0.1, -0.05) is 19.2 Å². The van der Waals surface area contributed by atoms with E-state index in [0.29, 0.717) is 115 Å². The second-order valence-electron chi connectivity index (χ2n) is 20.9. The summed E-state index contributed by atoms with van der Waals surface area (Å²) in [6, 6.07) is 23.7. The molecule has 18 nitrogen and oxygen atoms in total. The summed E-state index contributed by atoms with van der Waals surface area (Å²) in [7, 11) is 0. The lowest BCUT2D eigenvalue weighted by Gasteiger charge is -2.26. The van der Waals surface area contributed by atoms with E-state index in [0.717, 1.165) is 97.8 Å². The highest BCUT2D eigenvalue weighted by Gasteiger charge is 2.31. The van der Waals surface area contributed by atoms with Crippen LogP contribution in [0.4, 0.5) is 0 Å². The monoisotopic (exact) mass is 1160 g/mol. The van der Waals surface area contributed by atoms with Crippen LogP contribution in [0.1, 0.15) is 107 Å². The van der Waals surface area contributed by atoms with Gasteiger partial charge >= 0.3 is 29.8 Å². The number of ether oxygens (including phenoxy) is 7. The summed E-state index contributed by atoms with van der Waals surface area (Å²) in [5.74, 6) is 1.56. The lowest BCUT2D eigenvalue weighted by molar-refractivity contribution is -0.218. The van der Waals surface area contributed by atoms with Gasteiger partial charge in [0.15, 0.2) is 28.0 Å². The van der Waals surface area contributed by atoms with Crippen molar-refractivity contribution < 1.29 is 81.1 Å². The predicted molar refractivity (Wildman–Crippen MR) is 309 cm³/mol. The fraction of sp³-hybridized carbons (Fsp3) is 0.438. The molecule has 8 rings (SSSR count). The molecule has 0 saturated heterocycles. The van der Waals surface area contributed by atoms with Crippen molar-refractivity contribution in [3.63, 3.8) is 0 Å². The quantitative estimate of drug-likeness (QED) is 0.00730. The van der Waals surface area contributed by atoms with Crippen LogP contribution >= 0.6 is 11.3 Å². The molecule has 0 bridgehead atoms. The topological polar surface area (TPSA) is 213 Å². The van der Waals surface area contributed by atoms with E-state index in [1.165, 1.54) is 11.3 Å². The van der Waals surface area contributed by atoms with E-state index in [-0.39, 0.29) is 55.2 Å². The Morgan fingerprint density at radius 2 is 1.11 bits per heavy atom. The molecular weight excluding hydrogens is 1090 g/mol. The Morgan fingerprint density at radius 1 is 0.578 bits per heavy atom. The number of thiazole rings is 1. The second kappa shape index (κ2) is 31.6. The van der Waals surface area contributed by atoms with Gasteiger partial charge in [0.1, 0.15) is 39.7 Å². The van der Waals surface area contributed by atoms with Gasteiger partial charge in [-0.25, -0.2) is 14.6 Å². The first-order valence-corrected chi connectivity index (χ1v) is 29.4. The maximum atomic E-state index is 13.8. The average molecular weight is 1160 g/mol. The fourth-order valence-corrected chi connectivity index (χ4v) is 10.8. The molecule has 2 heterocycles. The van der Waals surface area contributed by atoms with Crippen LogP contribution in [0.15, 0.2) is 109 Å². The molecule has 2 aliphatic carbocycles. The van der Waals surface area contributed by atoms with Crippen LogP contribution in [0.25, 0.3) is 32.0 Å². The normalized spacial score (nSPS) is 16.8. The van der Waals surface area contributed by atoms with Crippen molar-refractivity contribution in [2.45, 2.75) is 110 Å². The van der Waals surface area contributed by atoms with Gasteiger partial charge in [0.05, 0.1) is 57.9 Å². The third kappa shape index (κ3) is 18.9. The molecule has 6 aromatic rings. The van der Waals surface area contributed by atoms with Gasteiger partial charge in [-0.2, -0.15) is 9.78 Å². The number of benzene rings is 4. The van der Waals surface area contributed by atoms with Crippen LogP contribution in [0.3, 0.4) is 0 Å². The van der Waals surface area contributed by atoms with Crippen LogP contribution in [0.2, 0.25) is 0 Å². The largest absolute Gasteiger partial charge is 0.494 e. The van der Waals surface area contributed by atoms with Crippen molar-refractivity contribution in [2.75, 3.05) is 46.2 Å². The molecule has 0 atom stereocenters. The number of unbranched alkanes of at least 4 members (excludes halogenated alkanes) is 4. The third-order valence-electron chi connectivity index (χ3n) is 14.5. The Bertz CT molecular complexity index is 3110. The molecule has 442 valence electrons. The molecule has 0 unspecified atom stereocenters. The van der Waals surface area contributed by atoms with Gasteiger partial charge in [-0.05, 0) is 199 Å². The molecule has 2 aliphatic rings. The zero-order chi connectivity index (χ0) is 58.3. The predicted octanol–water partition coefficient (Wildman–Crippen LogP) is 13.3. The van der Waals surface area contributed by atoms with E-state index >= 15 is 0 Å². The maximum Gasteiger partial charge on any atom is 0.330 e. The van der Waals surface area contributed by atoms with E-state index < -0.39 is 17.9 Å². The number of aryl methyl sites for hydroxylation is 2. The Hall–Kier alpha value is -7.74. The summed E-state index contributed by atoms with van der Waals surface area (Å²) in [6.07, 6.45) is 12.5. The molecule has 2 saturated carbocycles. The molecule has 0 amide bonds. The summed E-state index contributed by atoms with van der Waals surface area (Å²) in [5, 5.41) is 1.59. The van der Waals surface area contributed by atoms with Crippen LogP contribution in [-0.4, -0.2) is 81.1 Å². The van der Waals surface area contributed by atoms with E-state index in [1.54, 1.807) is 48.5 Å². The molecule has 0 aliphatic heterocycles. The van der Waals surface area contributed by atoms with Gasteiger partial charge < -0.3 is 47.4 Å². The number of rotatable bonds is 32. The molecule has 83 heavy (non-hydrogen) atoms. The molecule has 0 spiro atoms. The summed E-state index contributed by atoms with van der Waals surface area (Å²) >= 11 is 1.35. The van der Waals surface area contributed by atoms with Crippen molar-refractivity contribution in [3.05, 3.63) is 115 Å². The number of fused-ring (bicyclic) bond motifs is 2. The van der Waals surface area contributed by atoms with Crippen LogP contribution in [0.5, 0.6) is 34.5 Å². The lowest BCUT2D eigenvalue weighted by atomic mass is 9.82. The number of esters is 5. The van der Waals surface area contributed by atoms with Gasteiger partial charge in [0, 0.05) is 17.5 Å². The molecule has 19 heteroatoms. The Balaban J connectivity index is 0.760. The second-order valence-corrected chi connectivity index (χ2v) is 21.8. The van der Waals surface area contributed by atoms with E-state index in [4.69, 9.17) is 62.1 Å². The van der Waals surface area contributed by atoms with E-state index in [9.17, 15) is 24.0 Å². The average Bonchev–Trinajstić information content (AvgIpc) is 4.31. The highest BCUT2D eigenvalue weighted by atomic mass is 32.1. The van der Waals surface area contributed by atoms with Crippen molar-refractivity contribution in [1.82, 2.24) is 4.98 Å². The number of hydrogen-bond donors (Lipinski definition) is 0. The third-order valence-corrected chi connectivity index (χ3v) is 15.6. The summed E-state index contributed by atoms with van der Waals surface area (Å²) in [4.78, 5) is 89.1. The van der Waals surface area contributed by atoms with Crippen LogP contribution in [-0.2, 0) is 48.0 Å². The zero-order valence-corrected chi connectivity index (χ0v) is 48.1. The molecule has 4 aromatic carbocycles. The molecule has 0 N–H and O–H groups in total. The van der Waals surface area contributed by atoms with Gasteiger partial charge in [0.25, 0.3) is 0 Å². The molecule has 2 fully saturated rings. The number of furan rings is 1. The summed E-state index contributed by atoms with van der Waals surface area (Å²) in [6.45, 7) is 13.1. The first-order chi connectivity index (χ1) is 40.4. The van der Waals surface area contributed by atoms with E-state index in [2.05, 4.69) is 19.2 Å². The minimum absolute atomic E-state index is 0.00368. The standard InChI is InChI=1S/C64H73NO17S/c1-5-57(66)73-34-11-7-9-33-72-49-23-27-51(28-24-49)81-76-40-44-15-19-47(20-16-44)64(70)80-54-30-29-53(60-61(54)83-62(65-60)56-39-52-43(4)37-42(3)38-55(52)79-56)82-77-41-45-13-17-46(18-14-45)63(69)78-50-25-21-48(22-26-50)71-32-10-8-12-35-74-59(68)31-36-75-58(67)6-2/h5-6,21-30,37-39,44-47H,1-2,7-20,31-36,40-41H2,3-4H3. The number of carbonyl (C=O) groups is 5. The SMILES string of the molecule is C=CC(=O)OCCCCCOc1ccc(OOCC2CCC(C(=O)Oc3ccc(OOCC4CCC(C(=O)Oc5ccc(OCCCCCOC(=O)CCOC(=O)C=C)cc5)CC4)c4nc(-c5cc6c(C)cc(C)cc6o5)sc34)CC2)cc1. The molecule has 2 aromatic heterocycles.